The van der Waals surface area contributed by atoms with Crippen LogP contribution in [0.3, 0.4) is 0 Å². The molecule has 0 aliphatic carbocycles. The fourth-order valence-corrected chi connectivity index (χ4v) is 4.67. The zero-order valence-electron chi connectivity index (χ0n) is 27.2. The van der Waals surface area contributed by atoms with Gasteiger partial charge in [-0.2, -0.15) is 0 Å². The average Bonchev–Trinajstić information content (AvgIpc) is 3.32. The van der Waals surface area contributed by atoms with Crippen LogP contribution in [0.25, 0.3) is 11.1 Å². The molecule has 0 aliphatic heterocycles. The molecule has 13 nitrogen and oxygen atoms in total. The summed E-state index contributed by atoms with van der Waals surface area (Å²) >= 11 is 6.12. The first-order valence-electron chi connectivity index (χ1n) is 14.9. The summed E-state index contributed by atoms with van der Waals surface area (Å²) in [6.45, 7) is 7.58. The Morgan fingerprint density at radius 1 is 0.957 bits per heavy atom. The molecule has 2 amide bonds. The number of nitrogens with zero attached hydrogens (tertiary/aromatic N) is 1. The van der Waals surface area contributed by atoms with Crippen LogP contribution in [-0.4, -0.2) is 69.4 Å². The second-order valence-corrected chi connectivity index (χ2v) is 12.7. The largest absolute Gasteiger partial charge is 0.444 e. The number of carbonyl (C=O) groups excluding carboxylic acids is 4. The minimum absolute atomic E-state index is 0.00230. The van der Waals surface area contributed by atoms with Crippen LogP contribution in [0.5, 0.6) is 0 Å². The third kappa shape index (κ3) is 11.6. The Hall–Kier alpha value is -4.62. The van der Waals surface area contributed by atoms with Crippen molar-refractivity contribution in [1.82, 2.24) is 20.4 Å². The second-order valence-electron chi connectivity index (χ2n) is 12.3. The fraction of sp³-hybridized carbons (Fsp3) is 0.424. The van der Waals surface area contributed by atoms with E-state index in [9.17, 15) is 29.1 Å². The summed E-state index contributed by atoms with van der Waals surface area (Å²) in [4.78, 5) is 62.2. The van der Waals surface area contributed by atoms with E-state index in [-0.39, 0.29) is 24.5 Å². The summed E-state index contributed by atoms with van der Waals surface area (Å²) in [7, 11) is 1.46. The molecule has 0 saturated heterocycles. The molecule has 1 heterocycles. The third-order valence-electron chi connectivity index (χ3n) is 6.84. The van der Waals surface area contributed by atoms with Crippen molar-refractivity contribution in [3.05, 3.63) is 81.2 Å². The zero-order valence-corrected chi connectivity index (χ0v) is 27.9. The highest BCUT2D eigenvalue weighted by atomic mass is 35.5. The van der Waals surface area contributed by atoms with E-state index in [0.29, 0.717) is 5.02 Å². The van der Waals surface area contributed by atoms with Crippen LogP contribution in [0.15, 0.2) is 59.4 Å². The quantitative estimate of drug-likeness (QED) is 0.156. The molecule has 47 heavy (non-hydrogen) atoms. The van der Waals surface area contributed by atoms with Crippen LogP contribution >= 0.6 is 11.6 Å². The van der Waals surface area contributed by atoms with Gasteiger partial charge in [-0.05, 0) is 61.9 Å². The monoisotopic (exact) mass is 672 g/mol. The molecular weight excluding hydrogens is 632 g/mol. The predicted molar refractivity (Wildman–Crippen MR) is 174 cm³/mol. The first kappa shape index (κ1) is 36.8. The lowest BCUT2D eigenvalue weighted by atomic mass is 9.97. The summed E-state index contributed by atoms with van der Waals surface area (Å²) < 4.78 is 16.3. The molecule has 0 aliphatic rings. The number of aliphatic hydroxyl groups is 1. The molecule has 0 bridgehead atoms. The summed E-state index contributed by atoms with van der Waals surface area (Å²) in [5, 5.41) is 19.1. The lowest BCUT2D eigenvalue weighted by molar-refractivity contribution is -0.175. The SMILES string of the molecule is CC(C)[C@H](NC(=O)OC(C)(C)C)C(=O)OCOC(=O)C(O)C[C@@H](Cc1ccc(-c2cccc(Cl)c2)cc1)NC(=O)c1cc(=O)n(C)[nH]1. The number of aliphatic hydroxyl groups excluding tert-OH is 1. The van der Waals surface area contributed by atoms with Crippen molar-refractivity contribution in [2.45, 2.75) is 71.2 Å². The highest BCUT2D eigenvalue weighted by Gasteiger charge is 2.29. The molecule has 3 aromatic rings. The van der Waals surface area contributed by atoms with Crippen LogP contribution in [0.2, 0.25) is 5.02 Å². The van der Waals surface area contributed by atoms with E-state index >= 15 is 0 Å². The molecule has 14 heteroatoms. The van der Waals surface area contributed by atoms with Crippen molar-refractivity contribution < 1.29 is 38.5 Å². The smallest absolute Gasteiger partial charge is 0.408 e. The minimum atomic E-state index is -1.71. The van der Waals surface area contributed by atoms with Crippen LogP contribution in [-0.2, 0) is 37.3 Å². The number of nitrogens with one attached hydrogen (secondary N) is 3. The van der Waals surface area contributed by atoms with Gasteiger partial charge in [0, 0.05) is 30.6 Å². The van der Waals surface area contributed by atoms with Crippen molar-refractivity contribution >= 4 is 35.5 Å². The van der Waals surface area contributed by atoms with E-state index in [1.807, 2.05) is 42.5 Å². The average molecular weight is 673 g/mol. The van der Waals surface area contributed by atoms with Crippen molar-refractivity contribution in [2.24, 2.45) is 13.0 Å². The van der Waals surface area contributed by atoms with E-state index in [2.05, 4.69) is 15.7 Å². The first-order valence-corrected chi connectivity index (χ1v) is 15.3. The van der Waals surface area contributed by atoms with Crippen LogP contribution in [0.4, 0.5) is 4.79 Å². The Morgan fingerprint density at radius 3 is 2.19 bits per heavy atom. The number of halogens is 1. The summed E-state index contributed by atoms with van der Waals surface area (Å²) in [6, 6.07) is 14.1. The molecular formula is C33H41ClN4O9. The molecule has 3 rings (SSSR count). The summed E-state index contributed by atoms with van der Waals surface area (Å²) in [5.41, 5.74) is 1.43. The van der Waals surface area contributed by atoms with Crippen molar-refractivity contribution in [3.8, 4) is 11.1 Å². The molecule has 254 valence electrons. The Balaban J connectivity index is 1.64. The van der Waals surface area contributed by atoms with Gasteiger partial charge < -0.3 is 30.0 Å². The maximum absolute atomic E-state index is 13.0. The topological polar surface area (TPSA) is 178 Å². The molecule has 4 N–H and O–H groups in total. The van der Waals surface area contributed by atoms with Gasteiger partial charge in [-0.3, -0.25) is 19.4 Å². The fourth-order valence-electron chi connectivity index (χ4n) is 4.48. The van der Waals surface area contributed by atoms with E-state index in [1.165, 1.54) is 7.05 Å². The second kappa shape index (κ2) is 16.3. The highest BCUT2D eigenvalue weighted by Crippen LogP contribution is 2.23. The number of H-pyrrole nitrogens is 1. The van der Waals surface area contributed by atoms with Crippen LogP contribution < -0.4 is 16.2 Å². The van der Waals surface area contributed by atoms with E-state index in [1.54, 1.807) is 40.7 Å². The summed E-state index contributed by atoms with van der Waals surface area (Å²) in [6.07, 6.45) is -2.57. The maximum Gasteiger partial charge on any atom is 0.408 e. The Bertz CT molecular complexity index is 1610. The normalized spacial score (nSPS) is 13.3. The molecule has 1 unspecified atom stereocenters. The van der Waals surface area contributed by atoms with Gasteiger partial charge in [0.1, 0.15) is 17.3 Å². The van der Waals surface area contributed by atoms with Gasteiger partial charge in [0.15, 0.2) is 6.10 Å². The molecule has 0 spiro atoms. The van der Waals surface area contributed by atoms with E-state index in [0.717, 1.165) is 27.4 Å². The number of alkyl carbamates (subject to hydrolysis) is 1. The van der Waals surface area contributed by atoms with Gasteiger partial charge in [0.2, 0.25) is 6.79 Å². The standard InChI is InChI=1S/C33H41ClN4O9/c1-19(2)28(36-32(44)47-33(3,4)5)31(43)46-18-45-30(42)26(39)16-24(35-29(41)25-17-27(40)38(6)37-25)14-20-10-12-21(13-11-20)22-8-7-9-23(34)15-22/h7-13,15,17,19,24,26,28,37,39H,14,16,18H2,1-6H3,(H,35,41)(H,36,44)/t24-,26?,28+/m1/s1. The number of carbonyl (C=O) groups is 4. The molecule has 0 radical (unpaired) electrons. The number of aryl methyl sites for hydroxylation is 1. The van der Waals surface area contributed by atoms with Crippen LogP contribution in [0.1, 0.15) is 57.1 Å². The number of benzene rings is 2. The van der Waals surface area contributed by atoms with Crippen molar-refractivity contribution in [2.75, 3.05) is 6.79 Å². The van der Waals surface area contributed by atoms with Gasteiger partial charge in [0.05, 0.1) is 0 Å². The number of hydrogen-bond donors (Lipinski definition) is 4. The Labute approximate surface area is 277 Å². The zero-order chi connectivity index (χ0) is 34.9. The predicted octanol–water partition coefficient (Wildman–Crippen LogP) is 3.72. The molecule has 0 saturated carbocycles. The molecule has 3 atom stereocenters. The minimum Gasteiger partial charge on any atom is -0.444 e. The lowest BCUT2D eigenvalue weighted by Crippen LogP contribution is -2.47. The third-order valence-corrected chi connectivity index (χ3v) is 7.07. The van der Waals surface area contributed by atoms with E-state index < -0.39 is 60.1 Å². The van der Waals surface area contributed by atoms with Gasteiger partial charge in [-0.1, -0.05) is 61.8 Å². The van der Waals surface area contributed by atoms with Gasteiger partial charge in [-0.15, -0.1) is 0 Å². The van der Waals surface area contributed by atoms with Gasteiger partial charge in [0.25, 0.3) is 11.5 Å². The number of aromatic amines is 1. The Kier molecular flexibility index (Phi) is 12.8. The maximum atomic E-state index is 13.0. The number of aromatic nitrogens is 2. The molecule has 0 fully saturated rings. The van der Waals surface area contributed by atoms with Crippen molar-refractivity contribution in [1.29, 1.82) is 0 Å². The summed E-state index contributed by atoms with van der Waals surface area (Å²) in [5.74, 6) is -2.95. The van der Waals surface area contributed by atoms with Crippen molar-refractivity contribution in [3.63, 3.8) is 0 Å². The number of hydrogen-bond acceptors (Lipinski definition) is 9. The molecule has 2 aromatic carbocycles. The van der Waals surface area contributed by atoms with E-state index in [4.69, 9.17) is 25.8 Å². The number of amides is 2. The van der Waals surface area contributed by atoms with Gasteiger partial charge >= 0.3 is 18.0 Å². The number of ether oxygens (including phenoxy) is 3. The number of rotatable bonds is 13. The van der Waals surface area contributed by atoms with Gasteiger partial charge in [-0.25, -0.2) is 14.4 Å². The van der Waals surface area contributed by atoms with Crippen LogP contribution in [0, 0.1) is 5.92 Å². The lowest BCUT2D eigenvalue weighted by Gasteiger charge is -2.24. The molecule has 1 aromatic heterocycles. The highest BCUT2D eigenvalue weighted by molar-refractivity contribution is 6.30. The number of esters is 2. The Morgan fingerprint density at radius 2 is 1.62 bits per heavy atom. The first-order chi connectivity index (χ1) is 22.0.